The number of nitrogen functional groups attached to an aromatic ring is 1. The number of thiophene rings is 1. The third-order valence-corrected chi connectivity index (χ3v) is 5.05. The number of nitrogens with two attached hydrogens (primary N) is 1. The molecule has 0 aliphatic carbocycles. The highest BCUT2D eigenvalue weighted by atomic mass is 32.2. The average molecular weight is 300 g/mol. The number of sulfonamides is 1. The van der Waals surface area contributed by atoms with Gasteiger partial charge in [0.05, 0.1) is 5.69 Å². The summed E-state index contributed by atoms with van der Waals surface area (Å²) in [5, 5.41) is 3.80. The maximum Gasteiger partial charge on any atom is 0.243 e. The van der Waals surface area contributed by atoms with Gasteiger partial charge >= 0.3 is 0 Å². The molecule has 4 nitrogen and oxygen atoms in total. The smallest absolute Gasteiger partial charge is 0.243 e. The highest BCUT2D eigenvalue weighted by Gasteiger charge is 2.18. The van der Waals surface area contributed by atoms with Crippen LogP contribution in [0.3, 0.4) is 0 Å². The predicted molar refractivity (Wildman–Crippen MR) is 73.9 cm³/mol. The van der Waals surface area contributed by atoms with E-state index in [2.05, 4.69) is 4.72 Å². The minimum Gasteiger partial charge on any atom is -0.398 e. The van der Waals surface area contributed by atoms with Gasteiger partial charge in [-0.3, -0.25) is 0 Å². The fourth-order valence-corrected chi connectivity index (χ4v) is 3.56. The Kier molecular flexibility index (Phi) is 3.88. The van der Waals surface area contributed by atoms with Crippen LogP contribution in [0, 0.1) is 12.7 Å². The van der Waals surface area contributed by atoms with Crippen molar-refractivity contribution >= 4 is 27.0 Å². The van der Waals surface area contributed by atoms with Crippen LogP contribution >= 0.6 is 11.3 Å². The van der Waals surface area contributed by atoms with Crippen molar-refractivity contribution in [1.82, 2.24) is 4.72 Å². The molecule has 0 fully saturated rings. The largest absolute Gasteiger partial charge is 0.398 e. The van der Waals surface area contributed by atoms with E-state index in [-0.39, 0.29) is 17.1 Å². The van der Waals surface area contributed by atoms with Crippen LogP contribution in [0.2, 0.25) is 0 Å². The molecular weight excluding hydrogens is 287 g/mol. The summed E-state index contributed by atoms with van der Waals surface area (Å²) in [5.74, 6) is -0.638. The number of rotatable bonds is 4. The number of anilines is 1. The van der Waals surface area contributed by atoms with Crippen molar-refractivity contribution in [3.8, 4) is 0 Å². The van der Waals surface area contributed by atoms with Gasteiger partial charge < -0.3 is 5.73 Å². The molecule has 1 aromatic carbocycles. The van der Waals surface area contributed by atoms with Gasteiger partial charge in [-0.2, -0.15) is 11.3 Å². The lowest BCUT2D eigenvalue weighted by Crippen LogP contribution is -2.24. The van der Waals surface area contributed by atoms with Crippen LogP contribution in [0.4, 0.5) is 10.1 Å². The van der Waals surface area contributed by atoms with Crippen molar-refractivity contribution < 1.29 is 12.8 Å². The first-order valence-electron chi connectivity index (χ1n) is 5.46. The van der Waals surface area contributed by atoms with Crippen LogP contribution in [0.1, 0.15) is 11.1 Å². The fraction of sp³-hybridized carbons (Fsp3) is 0.167. The molecule has 1 aromatic heterocycles. The van der Waals surface area contributed by atoms with E-state index < -0.39 is 15.8 Å². The monoisotopic (exact) mass is 300 g/mol. The molecule has 102 valence electrons. The van der Waals surface area contributed by atoms with E-state index >= 15 is 0 Å². The van der Waals surface area contributed by atoms with Gasteiger partial charge in [0.25, 0.3) is 0 Å². The highest BCUT2D eigenvalue weighted by Crippen LogP contribution is 2.20. The summed E-state index contributed by atoms with van der Waals surface area (Å²) >= 11 is 1.50. The number of hydrogen-bond donors (Lipinski definition) is 2. The predicted octanol–water partition coefficient (Wildman–Crippen LogP) is 2.26. The Labute approximate surface area is 115 Å². The quantitative estimate of drug-likeness (QED) is 0.851. The molecule has 1 heterocycles. The Hall–Kier alpha value is -1.44. The van der Waals surface area contributed by atoms with Crippen molar-refractivity contribution in [1.29, 1.82) is 0 Å². The SMILES string of the molecule is Cc1cscc1CNS(=O)(=O)c1cc(F)ccc1N. The molecule has 0 aliphatic rings. The Balaban J connectivity index is 2.23. The third kappa shape index (κ3) is 3.12. The molecule has 0 amide bonds. The first-order chi connectivity index (χ1) is 8.90. The second-order valence-electron chi connectivity index (χ2n) is 4.09. The lowest BCUT2D eigenvalue weighted by atomic mass is 10.2. The lowest BCUT2D eigenvalue weighted by molar-refractivity contribution is 0.578. The van der Waals surface area contributed by atoms with Gasteiger partial charge in [-0.25, -0.2) is 17.5 Å². The van der Waals surface area contributed by atoms with E-state index in [0.717, 1.165) is 23.3 Å². The van der Waals surface area contributed by atoms with Gasteiger partial charge in [0.2, 0.25) is 10.0 Å². The van der Waals surface area contributed by atoms with Crippen molar-refractivity contribution in [2.45, 2.75) is 18.4 Å². The molecule has 0 unspecified atom stereocenters. The molecule has 0 saturated carbocycles. The first kappa shape index (κ1) is 14.0. The zero-order valence-electron chi connectivity index (χ0n) is 10.2. The molecule has 0 spiro atoms. The number of hydrogen-bond acceptors (Lipinski definition) is 4. The van der Waals surface area contributed by atoms with Crippen molar-refractivity contribution in [2.24, 2.45) is 0 Å². The summed E-state index contributed by atoms with van der Waals surface area (Å²) < 4.78 is 39.6. The van der Waals surface area contributed by atoms with Crippen LogP contribution < -0.4 is 10.5 Å². The fourth-order valence-electron chi connectivity index (χ4n) is 1.56. The highest BCUT2D eigenvalue weighted by molar-refractivity contribution is 7.89. The van der Waals surface area contributed by atoms with Crippen LogP contribution in [0.15, 0.2) is 33.9 Å². The molecule has 3 N–H and O–H groups in total. The molecular formula is C12H13FN2O2S2. The van der Waals surface area contributed by atoms with E-state index in [1.807, 2.05) is 17.7 Å². The lowest BCUT2D eigenvalue weighted by Gasteiger charge is -2.09. The van der Waals surface area contributed by atoms with Gasteiger partial charge in [0.1, 0.15) is 10.7 Å². The topological polar surface area (TPSA) is 72.2 Å². The standard InChI is InChI=1S/C12H13FN2O2S2/c1-8-6-18-7-9(8)5-15-19(16,17)12-4-10(13)2-3-11(12)14/h2-4,6-7,15H,5,14H2,1H3. The minimum absolute atomic E-state index is 0.0240. The normalized spacial score (nSPS) is 11.7. The number of nitrogens with one attached hydrogen (secondary N) is 1. The van der Waals surface area contributed by atoms with Gasteiger partial charge in [0.15, 0.2) is 0 Å². The molecule has 0 atom stereocenters. The van der Waals surface area contributed by atoms with Gasteiger partial charge in [-0.1, -0.05) is 0 Å². The van der Waals surface area contributed by atoms with Crippen LogP contribution in [0.5, 0.6) is 0 Å². The maximum atomic E-state index is 13.1. The number of benzene rings is 1. The van der Waals surface area contributed by atoms with E-state index in [9.17, 15) is 12.8 Å². The Morgan fingerprint density at radius 3 is 2.74 bits per heavy atom. The van der Waals surface area contributed by atoms with E-state index in [1.54, 1.807) is 0 Å². The van der Waals surface area contributed by atoms with Crippen LogP contribution in [-0.2, 0) is 16.6 Å². The summed E-state index contributed by atoms with van der Waals surface area (Å²) in [6.07, 6.45) is 0. The molecule has 0 bridgehead atoms. The van der Waals surface area contributed by atoms with Crippen molar-refractivity contribution in [3.63, 3.8) is 0 Å². The van der Waals surface area contributed by atoms with Crippen LogP contribution in [-0.4, -0.2) is 8.42 Å². The molecule has 19 heavy (non-hydrogen) atoms. The maximum absolute atomic E-state index is 13.1. The third-order valence-electron chi connectivity index (χ3n) is 2.68. The minimum atomic E-state index is -3.82. The zero-order valence-corrected chi connectivity index (χ0v) is 11.8. The number of aryl methyl sites for hydroxylation is 1. The molecule has 0 radical (unpaired) electrons. The zero-order chi connectivity index (χ0) is 14.0. The van der Waals surface area contributed by atoms with E-state index in [1.165, 1.54) is 17.4 Å². The molecule has 7 heteroatoms. The summed E-state index contributed by atoms with van der Waals surface area (Å²) in [5.41, 5.74) is 7.50. The Morgan fingerprint density at radius 2 is 2.11 bits per heavy atom. The first-order valence-corrected chi connectivity index (χ1v) is 7.89. The van der Waals surface area contributed by atoms with E-state index in [4.69, 9.17) is 5.73 Å². The molecule has 0 saturated heterocycles. The van der Waals surface area contributed by atoms with Crippen LogP contribution in [0.25, 0.3) is 0 Å². The van der Waals surface area contributed by atoms with E-state index in [0.29, 0.717) is 0 Å². The molecule has 0 aliphatic heterocycles. The Bertz CT molecular complexity index is 696. The molecule has 2 rings (SSSR count). The summed E-state index contributed by atoms with van der Waals surface area (Å²) in [6.45, 7) is 2.06. The summed E-state index contributed by atoms with van der Waals surface area (Å²) in [7, 11) is -3.82. The summed E-state index contributed by atoms with van der Waals surface area (Å²) in [6, 6.07) is 3.27. The second-order valence-corrected chi connectivity index (χ2v) is 6.57. The van der Waals surface area contributed by atoms with Crippen molar-refractivity contribution in [3.05, 3.63) is 45.9 Å². The number of halogens is 1. The van der Waals surface area contributed by atoms with Gasteiger partial charge in [0, 0.05) is 6.54 Å². The molecule has 2 aromatic rings. The Morgan fingerprint density at radius 1 is 1.37 bits per heavy atom. The average Bonchev–Trinajstić information content (AvgIpc) is 2.75. The van der Waals surface area contributed by atoms with Crippen molar-refractivity contribution in [2.75, 3.05) is 5.73 Å². The van der Waals surface area contributed by atoms with Gasteiger partial charge in [-0.15, -0.1) is 0 Å². The second kappa shape index (κ2) is 5.28. The summed E-state index contributed by atoms with van der Waals surface area (Å²) in [4.78, 5) is -0.236. The van der Waals surface area contributed by atoms with Gasteiger partial charge in [-0.05, 0) is 47.0 Å².